The van der Waals surface area contributed by atoms with E-state index in [4.69, 9.17) is 5.73 Å². The topological polar surface area (TPSA) is 102 Å². The molecule has 0 unspecified atom stereocenters. The van der Waals surface area contributed by atoms with Gasteiger partial charge in [-0.25, -0.2) is 4.79 Å². The van der Waals surface area contributed by atoms with Crippen LogP contribution in [0.25, 0.3) is 0 Å². The van der Waals surface area contributed by atoms with E-state index in [1.165, 1.54) is 7.11 Å². The summed E-state index contributed by atoms with van der Waals surface area (Å²) >= 11 is 0. The molecule has 1 aromatic carbocycles. The van der Waals surface area contributed by atoms with Crippen molar-refractivity contribution >= 4 is 23.5 Å². The Morgan fingerprint density at radius 2 is 1.83 bits per heavy atom. The summed E-state index contributed by atoms with van der Waals surface area (Å²) in [7, 11) is 1.32. The number of nitrogens with two attached hydrogens (primary N) is 1. The normalized spacial score (nSPS) is 15.9. The minimum Gasteiger partial charge on any atom is -0.465 e. The smallest absolute Gasteiger partial charge is 0.337 e. The van der Waals surface area contributed by atoms with Gasteiger partial charge >= 0.3 is 5.97 Å². The molecule has 7 heteroatoms. The molecule has 0 radical (unpaired) electrons. The van der Waals surface area contributed by atoms with Gasteiger partial charge in [0.2, 0.25) is 11.8 Å². The Kier molecular flexibility index (Phi) is 5.70. The third-order valence-corrected chi connectivity index (χ3v) is 3.95. The second-order valence-electron chi connectivity index (χ2n) is 5.57. The lowest BCUT2D eigenvalue weighted by Gasteiger charge is -2.29. The number of carbonyl (C=O) groups excluding carboxylic acids is 3. The monoisotopic (exact) mass is 319 g/mol. The van der Waals surface area contributed by atoms with E-state index in [2.05, 4.69) is 10.1 Å². The molecule has 1 aliphatic rings. The van der Waals surface area contributed by atoms with Crippen molar-refractivity contribution in [3.8, 4) is 0 Å². The zero-order valence-electron chi connectivity index (χ0n) is 13.1. The number of piperidine rings is 1. The zero-order valence-corrected chi connectivity index (χ0v) is 13.1. The quantitative estimate of drug-likeness (QED) is 0.774. The molecule has 0 bridgehead atoms. The van der Waals surface area contributed by atoms with E-state index in [0.717, 1.165) is 0 Å². The molecule has 0 saturated carbocycles. The number of hydrogen-bond acceptors (Lipinski definition) is 5. The van der Waals surface area contributed by atoms with Crippen molar-refractivity contribution in [1.82, 2.24) is 4.90 Å². The number of likely N-dealkylation sites (tertiary alicyclic amines) is 1. The number of rotatable bonds is 5. The average molecular weight is 319 g/mol. The molecule has 3 N–H and O–H groups in total. The fourth-order valence-corrected chi connectivity index (χ4v) is 2.59. The van der Waals surface area contributed by atoms with Crippen LogP contribution in [-0.2, 0) is 14.3 Å². The first-order chi connectivity index (χ1) is 11.0. The fourth-order valence-electron chi connectivity index (χ4n) is 2.59. The molecular weight excluding hydrogens is 298 g/mol. The van der Waals surface area contributed by atoms with E-state index in [-0.39, 0.29) is 24.3 Å². The average Bonchev–Trinajstić information content (AvgIpc) is 2.55. The molecule has 0 aliphatic carbocycles. The lowest BCUT2D eigenvalue weighted by molar-refractivity contribution is -0.123. The lowest BCUT2D eigenvalue weighted by Crippen LogP contribution is -2.42. The molecule has 1 fully saturated rings. The van der Waals surface area contributed by atoms with Gasteiger partial charge in [0.1, 0.15) is 0 Å². The van der Waals surface area contributed by atoms with Crippen molar-refractivity contribution < 1.29 is 19.1 Å². The first-order valence-corrected chi connectivity index (χ1v) is 7.49. The van der Waals surface area contributed by atoms with E-state index >= 15 is 0 Å². The molecule has 124 valence electrons. The van der Waals surface area contributed by atoms with E-state index in [1.54, 1.807) is 24.3 Å². The molecule has 1 heterocycles. The Balaban J connectivity index is 1.81. The molecule has 1 saturated heterocycles. The first-order valence-electron chi connectivity index (χ1n) is 7.49. The molecule has 1 aliphatic heterocycles. The Labute approximate surface area is 134 Å². The van der Waals surface area contributed by atoms with Crippen LogP contribution in [0.5, 0.6) is 0 Å². The van der Waals surface area contributed by atoms with E-state index in [0.29, 0.717) is 37.2 Å². The van der Waals surface area contributed by atoms with Gasteiger partial charge in [-0.1, -0.05) is 0 Å². The third-order valence-electron chi connectivity index (χ3n) is 3.95. The second kappa shape index (κ2) is 7.73. The molecular formula is C16H21N3O4. The molecule has 23 heavy (non-hydrogen) atoms. The third kappa shape index (κ3) is 4.79. The van der Waals surface area contributed by atoms with Crippen LogP contribution in [0, 0.1) is 5.92 Å². The van der Waals surface area contributed by atoms with Crippen LogP contribution in [0.2, 0.25) is 0 Å². The molecule has 0 spiro atoms. The predicted octanol–water partition coefficient (Wildman–Crippen LogP) is 0.609. The Hall–Kier alpha value is -2.41. The fraction of sp³-hybridized carbons (Fsp3) is 0.438. The van der Waals surface area contributed by atoms with Gasteiger partial charge in [0.15, 0.2) is 0 Å². The van der Waals surface area contributed by atoms with Crippen LogP contribution < -0.4 is 11.1 Å². The molecule has 0 atom stereocenters. The van der Waals surface area contributed by atoms with E-state index < -0.39 is 5.97 Å². The highest BCUT2D eigenvalue weighted by Gasteiger charge is 2.24. The Morgan fingerprint density at radius 3 is 2.35 bits per heavy atom. The first kappa shape index (κ1) is 17.0. The molecule has 0 aromatic heterocycles. The number of methoxy groups -OCH3 is 1. The minimum absolute atomic E-state index is 0.0832. The largest absolute Gasteiger partial charge is 0.465 e. The minimum atomic E-state index is -0.416. The summed E-state index contributed by atoms with van der Waals surface area (Å²) in [6, 6.07) is 6.51. The van der Waals surface area contributed by atoms with Crippen molar-refractivity contribution in [1.29, 1.82) is 0 Å². The maximum absolute atomic E-state index is 12.0. The van der Waals surface area contributed by atoms with E-state index in [9.17, 15) is 14.4 Å². The van der Waals surface area contributed by atoms with Crippen molar-refractivity contribution in [2.75, 3.05) is 32.1 Å². The second-order valence-corrected chi connectivity index (χ2v) is 5.57. The van der Waals surface area contributed by atoms with Gasteiger partial charge in [0, 0.05) is 11.6 Å². The predicted molar refractivity (Wildman–Crippen MR) is 84.8 cm³/mol. The highest BCUT2D eigenvalue weighted by Crippen LogP contribution is 2.16. The van der Waals surface area contributed by atoms with Crippen LogP contribution in [-0.4, -0.2) is 49.4 Å². The number of hydrogen-bond donors (Lipinski definition) is 2. The number of anilines is 1. The van der Waals surface area contributed by atoms with Crippen LogP contribution in [0.3, 0.4) is 0 Å². The summed E-state index contributed by atoms with van der Waals surface area (Å²) in [5.74, 6) is -0.895. The maximum atomic E-state index is 12.0. The van der Waals surface area contributed by atoms with Gasteiger partial charge in [-0.3, -0.25) is 14.5 Å². The van der Waals surface area contributed by atoms with Gasteiger partial charge < -0.3 is 15.8 Å². The van der Waals surface area contributed by atoms with Gasteiger partial charge in [0.05, 0.1) is 19.2 Å². The molecule has 2 amide bonds. The number of carbonyl (C=O) groups is 3. The van der Waals surface area contributed by atoms with Gasteiger partial charge in [-0.05, 0) is 50.2 Å². The van der Waals surface area contributed by atoms with Crippen LogP contribution in [0.1, 0.15) is 23.2 Å². The summed E-state index contributed by atoms with van der Waals surface area (Å²) in [4.78, 5) is 36.5. The van der Waals surface area contributed by atoms with Crippen molar-refractivity contribution in [3.05, 3.63) is 29.8 Å². The Bertz CT molecular complexity index is 577. The van der Waals surface area contributed by atoms with Crippen molar-refractivity contribution in [2.45, 2.75) is 12.8 Å². The summed E-state index contributed by atoms with van der Waals surface area (Å²) in [5.41, 5.74) is 6.34. The number of primary amides is 1. The van der Waals surface area contributed by atoms with E-state index in [1.807, 2.05) is 4.90 Å². The highest BCUT2D eigenvalue weighted by molar-refractivity contribution is 5.94. The van der Waals surface area contributed by atoms with Gasteiger partial charge in [-0.2, -0.15) is 0 Å². The molecule has 1 aromatic rings. The SMILES string of the molecule is COC(=O)c1ccc(NC(=O)CN2CCC(C(N)=O)CC2)cc1. The van der Waals surface area contributed by atoms with Gasteiger partial charge in [0.25, 0.3) is 0 Å². The number of nitrogens with zero attached hydrogens (tertiary/aromatic N) is 1. The summed E-state index contributed by atoms with van der Waals surface area (Å²) < 4.78 is 4.62. The molecule has 7 nitrogen and oxygen atoms in total. The number of nitrogens with one attached hydrogen (secondary N) is 1. The van der Waals surface area contributed by atoms with Crippen molar-refractivity contribution in [2.24, 2.45) is 11.7 Å². The number of ether oxygens (including phenoxy) is 1. The van der Waals surface area contributed by atoms with Crippen LogP contribution in [0.4, 0.5) is 5.69 Å². The zero-order chi connectivity index (χ0) is 16.8. The standard InChI is InChI=1S/C16H21N3O4/c1-23-16(22)12-2-4-13(5-3-12)18-14(20)10-19-8-6-11(7-9-19)15(17)21/h2-5,11H,6-10H2,1H3,(H2,17,21)(H,18,20). The number of benzene rings is 1. The highest BCUT2D eigenvalue weighted by atomic mass is 16.5. The van der Waals surface area contributed by atoms with Crippen LogP contribution in [0.15, 0.2) is 24.3 Å². The summed E-state index contributed by atoms with van der Waals surface area (Å²) in [5, 5.41) is 2.78. The summed E-state index contributed by atoms with van der Waals surface area (Å²) in [6.07, 6.45) is 1.38. The number of esters is 1. The Morgan fingerprint density at radius 1 is 1.22 bits per heavy atom. The summed E-state index contributed by atoms with van der Waals surface area (Å²) in [6.45, 7) is 1.63. The number of amides is 2. The maximum Gasteiger partial charge on any atom is 0.337 e. The lowest BCUT2D eigenvalue weighted by atomic mass is 9.96. The van der Waals surface area contributed by atoms with Crippen molar-refractivity contribution in [3.63, 3.8) is 0 Å². The van der Waals surface area contributed by atoms with Gasteiger partial charge in [-0.15, -0.1) is 0 Å². The van der Waals surface area contributed by atoms with Crippen LogP contribution >= 0.6 is 0 Å². The molecule has 2 rings (SSSR count).